The van der Waals surface area contributed by atoms with Crippen LogP contribution < -0.4 is 9.64 Å². The second-order valence-electron chi connectivity index (χ2n) is 11.0. The molecule has 7 nitrogen and oxygen atoms in total. The summed E-state index contributed by atoms with van der Waals surface area (Å²) in [6, 6.07) is 6.85. The summed E-state index contributed by atoms with van der Waals surface area (Å²) in [4.78, 5) is 2.42. The van der Waals surface area contributed by atoms with Crippen molar-refractivity contribution in [1.82, 2.24) is 20.4 Å². The second kappa shape index (κ2) is 10.8. The molecule has 0 spiro atoms. The van der Waals surface area contributed by atoms with Crippen molar-refractivity contribution in [3.63, 3.8) is 0 Å². The average molecular weight is 524 g/mol. The number of phenolic OH excluding ortho intramolecular Hbond substituents is 1. The fourth-order valence-corrected chi connectivity index (χ4v) is 6.05. The van der Waals surface area contributed by atoms with Crippen LogP contribution in [-0.2, 0) is 0 Å². The first-order valence-corrected chi connectivity index (χ1v) is 13.5. The summed E-state index contributed by atoms with van der Waals surface area (Å²) in [6.07, 6.45) is 11.9. The van der Waals surface area contributed by atoms with E-state index in [1.54, 1.807) is 6.07 Å². The third kappa shape index (κ3) is 5.28. The summed E-state index contributed by atoms with van der Waals surface area (Å²) in [6.45, 7) is 4.67. The van der Waals surface area contributed by atoms with E-state index >= 15 is 8.78 Å². The predicted octanol–water partition coefficient (Wildman–Crippen LogP) is 6.70. The molecule has 0 saturated heterocycles. The Balaban J connectivity index is 1.45. The summed E-state index contributed by atoms with van der Waals surface area (Å²) >= 11 is 0. The Morgan fingerprint density at radius 2 is 1.87 bits per heavy atom. The maximum atomic E-state index is 15.3. The molecule has 202 valence electrons. The van der Waals surface area contributed by atoms with Crippen LogP contribution in [-0.4, -0.2) is 44.7 Å². The van der Waals surface area contributed by atoms with E-state index in [0.717, 1.165) is 37.6 Å². The van der Waals surface area contributed by atoms with Gasteiger partial charge in [-0.25, -0.2) is 8.78 Å². The molecule has 2 fully saturated rings. The lowest BCUT2D eigenvalue weighted by Gasteiger charge is -2.38. The number of halogens is 2. The lowest BCUT2D eigenvalue weighted by atomic mass is 9.77. The molecule has 9 heteroatoms. The molecule has 0 amide bonds. The molecule has 2 aliphatic rings. The van der Waals surface area contributed by atoms with Crippen LogP contribution in [0.4, 0.5) is 14.6 Å². The number of aromatic hydroxyl groups is 1. The van der Waals surface area contributed by atoms with Gasteiger partial charge in [-0.3, -0.25) is 0 Å². The van der Waals surface area contributed by atoms with Crippen LogP contribution in [0, 0.1) is 17.0 Å². The number of nitrogens with zero attached hydrogens (tertiary/aromatic N) is 5. The van der Waals surface area contributed by atoms with Crippen molar-refractivity contribution in [2.75, 3.05) is 12.0 Å². The van der Waals surface area contributed by atoms with Crippen molar-refractivity contribution in [3.8, 4) is 34.0 Å². The van der Waals surface area contributed by atoms with E-state index in [2.05, 4.69) is 39.1 Å². The molecule has 2 atom stereocenters. The number of rotatable bonds is 8. The number of aromatic nitrogens is 4. The fourth-order valence-electron chi connectivity index (χ4n) is 6.05. The number of hydrogen-bond acceptors (Lipinski definition) is 7. The molecule has 0 aliphatic heterocycles. The van der Waals surface area contributed by atoms with E-state index in [1.807, 2.05) is 6.07 Å². The zero-order chi connectivity index (χ0) is 26.9. The average Bonchev–Trinajstić information content (AvgIpc) is 3.76. The first-order chi connectivity index (χ1) is 18.3. The number of hydrogen-bond donors (Lipinski definition) is 1. The Hall–Kier alpha value is -3.36. The van der Waals surface area contributed by atoms with Crippen LogP contribution in [0.3, 0.4) is 0 Å². The van der Waals surface area contributed by atoms with Gasteiger partial charge in [0.25, 0.3) is 0 Å². The smallest absolute Gasteiger partial charge is 0.233 e. The van der Waals surface area contributed by atoms with Gasteiger partial charge in [-0.2, -0.15) is 5.10 Å². The van der Waals surface area contributed by atoms with Crippen molar-refractivity contribution >= 4 is 5.82 Å². The molecule has 2 saturated carbocycles. The summed E-state index contributed by atoms with van der Waals surface area (Å²) in [5.74, 6) is -1.84. The van der Waals surface area contributed by atoms with E-state index in [4.69, 9.17) is 4.74 Å². The van der Waals surface area contributed by atoms with Crippen molar-refractivity contribution in [1.29, 1.82) is 0 Å². The van der Waals surface area contributed by atoms with E-state index < -0.39 is 17.4 Å². The normalized spacial score (nSPS) is 21.7. The zero-order valence-electron chi connectivity index (χ0n) is 22.3. The Labute approximate surface area is 222 Å². The maximum Gasteiger partial charge on any atom is 0.233 e. The van der Waals surface area contributed by atoms with Crippen molar-refractivity contribution in [2.24, 2.45) is 5.41 Å². The first-order valence-electron chi connectivity index (χ1n) is 13.5. The predicted molar refractivity (Wildman–Crippen MR) is 142 cm³/mol. The number of ether oxygens (including phenoxy) is 1. The minimum absolute atomic E-state index is 0.0760. The molecule has 0 bridgehead atoms. The van der Waals surface area contributed by atoms with Gasteiger partial charge in [0, 0.05) is 29.3 Å². The quantitative estimate of drug-likeness (QED) is 0.329. The van der Waals surface area contributed by atoms with Crippen LogP contribution in [0.25, 0.3) is 22.4 Å². The molecular weight excluding hydrogens is 488 g/mol. The molecular formula is C29H35F2N5O2. The standard InChI is InChI=1S/C29H35F2N5O2/c1-4-12-29(2)13-6-5-7-20(16-29)36(19-8-9-19)24-11-10-22(33-34-24)26-23(37)15-21(27(30)28(26)31)18-14-25(38-3)35-32-17-18/h10-11,14-15,17,19-20,37H,4-9,12-13,16H2,1-3H3/t20-,29+/m0/s1. The molecule has 0 unspecified atom stereocenters. The van der Waals surface area contributed by atoms with Crippen LogP contribution in [0.5, 0.6) is 11.6 Å². The Bertz CT molecular complexity index is 1280. The third-order valence-electron chi connectivity index (χ3n) is 7.99. The van der Waals surface area contributed by atoms with Crippen molar-refractivity contribution < 1.29 is 18.6 Å². The summed E-state index contributed by atoms with van der Waals surface area (Å²) in [7, 11) is 1.40. The molecule has 5 rings (SSSR count). The van der Waals surface area contributed by atoms with E-state index in [9.17, 15) is 5.11 Å². The molecule has 0 radical (unpaired) electrons. The van der Waals surface area contributed by atoms with Gasteiger partial charge in [0.05, 0.1) is 24.6 Å². The van der Waals surface area contributed by atoms with Crippen LogP contribution in [0.2, 0.25) is 0 Å². The van der Waals surface area contributed by atoms with E-state index in [0.29, 0.717) is 17.5 Å². The van der Waals surface area contributed by atoms with Gasteiger partial charge in [-0.15, -0.1) is 15.3 Å². The van der Waals surface area contributed by atoms with Gasteiger partial charge in [-0.05, 0) is 62.1 Å². The van der Waals surface area contributed by atoms with Crippen molar-refractivity contribution in [2.45, 2.75) is 83.7 Å². The monoisotopic (exact) mass is 523 g/mol. The summed E-state index contributed by atoms with van der Waals surface area (Å²) in [5.41, 5.74) is 0.160. The fraction of sp³-hybridized carbons (Fsp3) is 0.517. The minimum Gasteiger partial charge on any atom is -0.507 e. The Morgan fingerprint density at radius 3 is 2.55 bits per heavy atom. The van der Waals surface area contributed by atoms with Gasteiger partial charge in [0.1, 0.15) is 5.75 Å². The molecule has 38 heavy (non-hydrogen) atoms. The van der Waals surface area contributed by atoms with Gasteiger partial charge in [0.2, 0.25) is 5.88 Å². The zero-order valence-corrected chi connectivity index (χ0v) is 22.3. The number of phenols is 1. The van der Waals surface area contributed by atoms with Crippen LogP contribution >= 0.6 is 0 Å². The van der Waals surface area contributed by atoms with Crippen LogP contribution in [0.15, 0.2) is 30.5 Å². The van der Waals surface area contributed by atoms with Gasteiger partial charge in [-0.1, -0.05) is 33.1 Å². The highest BCUT2D eigenvalue weighted by Crippen LogP contribution is 2.44. The highest BCUT2D eigenvalue weighted by molar-refractivity contribution is 5.75. The summed E-state index contributed by atoms with van der Waals surface area (Å²) in [5, 5.41) is 26.9. The third-order valence-corrected chi connectivity index (χ3v) is 7.99. The van der Waals surface area contributed by atoms with Gasteiger partial charge in [0.15, 0.2) is 17.5 Å². The lowest BCUT2D eigenvalue weighted by Crippen LogP contribution is -2.40. The SMILES string of the molecule is CCC[C@]1(C)CCCC[C@H](N(c2ccc(-c3c(O)cc(-c4cnnc(OC)c4)c(F)c3F)nn2)C2CC2)C1. The molecule has 1 aromatic carbocycles. The summed E-state index contributed by atoms with van der Waals surface area (Å²) < 4.78 is 35.5. The first kappa shape index (κ1) is 26.3. The van der Waals surface area contributed by atoms with E-state index in [1.165, 1.54) is 51.5 Å². The molecule has 2 aliphatic carbocycles. The van der Waals surface area contributed by atoms with Crippen molar-refractivity contribution in [3.05, 3.63) is 42.1 Å². The minimum atomic E-state index is -1.20. The number of anilines is 1. The van der Waals surface area contributed by atoms with Gasteiger partial charge >= 0.3 is 0 Å². The number of benzene rings is 1. The van der Waals surface area contributed by atoms with E-state index in [-0.39, 0.29) is 28.3 Å². The lowest BCUT2D eigenvalue weighted by molar-refractivity contribution is 0.236. The molecule has 2 heterocycles. The topological polar surface area (TPSA) is 84.3 Å². The molecule has 1 N–H and O–H groups in total. The largest absolute Gasteiger partial charge is 0.507 e. The molecule has 3 aromatic rings. The second-order valence-corrected chi connectivity index (χ2v) is 11.0. The highest BCUT2D eigenvalue weighted by Gasteiger charge is 2.39. The number of methoxy groups -OCH3 is 1. The Morgan fingerprint density at radius 1 is 1.05 bits per heavy atom. The highest BCUT2D eigenvalue weighted by atomic mass is 19.2. The van der Waals surface area contributed by atoms with Gasteiger partial charge < -0.3 is 14.7 Å². The molecule has 2 aromatic heterocycles. The maximum absolute atomic E-state index is 15.3. The Kier molecular flexibility index (Phi) is 7.45. The van der Waals surface area contributed by atoms with Crippen LogP contribution in [0.1, 0.15) is 71.6 Å².